The number of halogens is 4. The van der Waals surface area contributed by atoms with Crippen LogP contribution in [0, 0.1) is 11.6 Å². The fraction of sp³-hybridized carbons (Fsp3) is 0. The number of benzene rings is 2. The van der Waals surface area contributed by atoms with Gasteiger partial charge in [-0.05, 0) is 51.6 Å². The number of rotatable bonds is 2. The summed E-state index contributed by atoms with van der Waals surface area (Å²) in [6.45, 7) is 0. The van der Waals surface area contributed by atoms with Gasteiger partial charge in [-0.3, -0.25) is 4.79 Å². The first-order chi connectivity index (χ1) is 9.97. The van der Waals surface area contributed by atoms with Crippen molar-refractivity contribution in [3.8, 4) is 0 Å². The molecule has 0 amide bonds. The number of carbonyl (C=O) groups is 1. The molecule has 0 spiro atoms. The maximum absolute atomic E-state index is 14.1. The summed E-state index contributed by atoms with van der Waals surface area (Å²) in [6.07, 6.45) is 0. The summed E-state index contributed by atoms with van der Waals surface area (Å²) >= 11 is 10.0. The fourth-order valence-corrected chi connectivity index (χ4v) is 3.46. The lowest BCUT2D eigenvalue weighted by Gasteiger charge is -2.03. The van der Waals surface area contributed by atoms with E-state index in [4.69, 9.17) is 11.6 Å². The second-order valence-corrected chi connectivity index (χ2v) is 6.66. The predicted octanol–water partition coefficient (Wildman–Crippen LogP) is 5.83. The smallest absolute Gasteiger partial charge is 0.205 e. The van der Waals surface area contributed by atoms with Gasteiger partial charge in [0.2, 0.25) is 5.78 Å². The molecule has 0 fully saturated rings. The number of thiophene rings is 1. The Balaban J connectivity index is 2.10. The van der Waals surface area contributed by atoms with Gasteiger partial charge in [-0.1, -0.05) is 17.7 Å². The molecule has 106 valence electrons. The third-order valence-corrected chi connectivity index (χ3v) is 5.34. The molecule has 0 saturated carbocycles. The molecular formula is C15H6BrClF2OS. The largest absolute Gasteiger partial charge is 0.288 e. The van der Waals surface area contributed by atoms with E-state index in [1.165, 1.54) is 24.3 Å². The Morgan fingerprint density at radius 2 is 1.90 bits per heavy atom. The van der Waals surface area contributed by atoms with E-state index in [1.807, 2.05) is 0 Å². The van der Waals surface area contributed by atoms with Gasteiger partial charge in [0.25, 0.3) is 0 Å². The molecular weight excluding hydrogens is 382 g/mol. The zero-order chi connectivity index (χ0) is 15.1. The molecule has 2 aromatic carbocycles. The lowest BCUT2D eigenvalue weighted by Crippen LogP contribution is -2.02. The molecule has 0 atom stereocenters. The topological polar surface area (TPSA) is 17.1 Å². The van der Waals surface area contributed by atoms with Crippen LogP contribution in [0.3, 0.4) is 0 Å². The lowest BCUT2D eigenvalue weighted by atomic mass is 10.1. The van der Waals surface area contributed by atoms with Crippen LogP contribution in [0.4, 0.5) is 8.78 Å². The molecule has 3 aromatic rings. The molecule has 0 saturated heterocycles. The first kappa shape index (κ1) is 14.6. The minimum absolute atomic E-state index is 0.102. The SMILES string of the molecule is O=C(c1cc2ccc(F)cc2s1)c1ccc(Br)c(Cl)c1F. The molecule has 0 radical (unpaired) electrons. The summed E-state index contributed by atoms with van der Waals surface area (Å²) in [6, 6.07) is 8.77. The second-order valence-electron chi connectivity index (χ2n) is 4.34. The maximum Gasteiger partial charge on any atom is 0.205 e. The lowest BCUT2D eigenvalue weighted by molar-refractivity contribution is 0.103. The van der Waals surface area contributed by atoms with E-state index in [-0.39, 0.29) is 16.4 Å². The van der Waals surface area contributed by atoms with Crippen molar-refractivity contribution in [3.05, 3.63) is 68.0 Å². The minimum atomic E-state index is -0.764. The molecule has 0 aliphatic heterocycles. The Morgan fingerprint density at radius 3 is 2.67 bits per heavy atom. The number of hydrogen-bond acceptors (Lipinski definition) is 2. The van der Waals surface area contributed by atoms with Crippen LogP contribution in [-0.4, -0.2) is 5.78 Å². The average Bonchev–Trinajstić information content (AvgIpc) is 2.87. The number of carbonyl (C=O) groups excluding carboxylic acids is 1. The highest BCUT2D eigenvalue weighted by atomic mass is 79.9. The monoisotopic (exact) mass is 386 g/mol. The van der Waals surface area contributed by atoms with Crippen molar-refractivity contribution in [2.24, 2.45) is 0 Å². The Kier molecular flexibility index (Phi) is 3.82. The highest BCUT2D eigenvalue weighted by Gasteiger charge is 2.20. The summed E-state index contributed by atoms with van der Waals surface area (Å²) in [5, 5.41) is 0.612. The number of ketones is 1. The van der Waals surface area contributed by atoms with E-state index >= 15 is 0 Å². The summed E-state index contributed by atoms with van der Waals surface area (Å²) in [5.74, 6) is -1.61. The van der Waals surface area contributed by atoms with E-state index in [0.29, 0.717) is 14.0 Å². The van der Waals surface area contributed by atoms with Gasteiger partial charge in [0, 0.05) is 9.17 Å². The van der Waals surface area contributed by atoms with Crippen LogP contribution in [0.2, 0.25) is 5.02 Å². The van der Waals surface area contributed by atoms with Crippen molar-refractivity contribution >= 4 is 54.7 Å². The van der Waals surface area contributed by atoms with Crippen LogP contribution in [0.1, 0.15) is 15.2 Å². The molecule has 0 bridgehead atoms. The molecule has 0 aliphatic rings. The zero-order valence-electron chi connectivity index (χ0n) is 10.3. The van der Waals surface area contributed by atoms with Crippen LogP contribution in [0.5, 0.6) is 0 Å². The number of hydrogen-bond donors (Lipinski definition) is 0. The van der Waals surface area contributed by atoms with Gasteiger partial charge in [-0.25, -0.2) is 8.78 Å². The van der Waals surface area contributed by atoms with Gasteiger partial charge in [0.05, 0.1) is 15.5 Å². The maximum atomic E-state index is 14.1. The van der Waals surface area contributed by atoms with Crippen molar-refractivity contribution in [1.29, 1.82) is 0 Å². The predicted molar refractivity (Wildman–Crippen MR) is 84.3 cm³/mol. The third kappa shape index (κ3) is 2.61. The van der Waals surface area contributed by atoms with Gasteiger partial charge in [-0.15, -0.1) is 11.3 Å². The first-order valence-corrected chi connectivity index (χ1v) is 7.83. The summed E-state index contributed by atoms with van der Waals surface area (Å²) in [4.78, 5) is 12.7. The zero-order valence-corrected chi connectivity index (χ0v) is 13.5. The number of fused-ring (bicyclic) bond motifs is 1. The molecule has 1 nitrogen and oxygen atoms in total. The molecule has 3 rings (SSSR count). The van der Waals surface area contributed by atoms with E-state index in [0.717, 1.165) is 16.7 Å². The van der Waals surface area contributed by atoms with Crippen molar-refractivity contribution in [1.82, 2.24) is 0 Å². The Bertz CT molecular complexity index is 875. The highest BCUT2D eigenvalue weighted by molar-refractivity contribution is 9.10. The van der Waals surface area contributed by atoms with Crippen LogP contribution < -0.4 is 0 Å². The molecule has 0 aliphatic carbocycles. The van der Waals surface area contributed by atoms with Gasteiger partial charge >= 0.3 is 0 Å². The normalized spacial score (nSPS) is 11.0. The Labute approximate surface area is 136 Å². The molecule has 0 unspecified atom stereocenters. The Hall–Kier alpha value is -1.30. The average molecular weight is 388 g/mol. The standard InChI is InChI=1S/C15H6BrClF2OS/c16-10-4-3-9(14(19)13(10)17)15(20)12-5-7-1-2-8(18)6-11(7)21-12/h1-6H. The van der Waals surface area contributed by atoms with E-state index < -0.39 is 11.6 Å². The van der Waals surface area contributed by atoms with Gasteiger partial charge in [-0.2, -0.15) is 0 Å². The van der Waals surface area contributed by atoms with E-state index in [2.05, 4.69) is 15.9 Å². The summed E-state index contributed by atoms with van der Waals surface area (Å²) < 4.78 is 28.3. The van der Waals surface area contributed by atoms with Crippen molar-refractivity contribution in [3.63, 3.8) is 0 Å². The second kappa shape index (κ2) is 5.48. The van der Waals surface area contributed by atoms with Crippen molar-refractivity contribution < 1.29 is 13.6 Å². The molecule has 6 heteroatoms. The van der Waals surface area contributed by atoms with Crippen LogP contribution in [0.25, 0.3) is 10.1 Å². The van der Waals surface area contributed by atoms with Crippen LogP contribution >= 0.6 is 38.9 Å². The molecule has 1 aromatic heterocycles. The summed E-state index contributed by atoms with van der Waals surface area (Å²) in [5.41, 5.74) is -0.102. The summed E-state index contributed by atoms with van der Waals surface area (Å²) in [7, 11) is 0. The van der Waals surface area contributed by atoms with Crippen molar-refractivity contribution in [2.45, 2.75) is 0 Å². The molecule has 0 N–H and O–H groups in total. The van der Waals surface area contributed by atoms with E-state index in [9.17, 15) is 13.6 Å². The fourth-order valence-electron chi connectivity index (χ4n) is 1.95. The van der Waals surface area contributed by atoms with Gasteiger partial charge in [0.1, 0.15) is 5.82 Å². The quantitative estimate of drug-likeness (QED) is 0.399. The van der Waals surface area contributed by atoms with Crippen LogP contribution in [0.15, 0.2) is 40.9 Å². The molecule has 1 heterocycles. The minimum Gasteiger partial charge on any atom is -0.288 e. The van der Waals surface area contributed by atoms with Crippen LogP contribution in [-0.2, 0) is 0 Å². The van der Waals surface area contributed by atoms with Crippen molar-refractivity contribution in [2.75, 3.05) is 0 Å². The Morgan fingerprint density at radius 1 is 1.14 bits per heavy atom. The van der Waals surface area contributed by atoms with Gasteiger partial charge in [0.15, 0.2) is 5.82 Å². The highest BCUT2D eigenvalue weighted by Crippen LogP contribution is 2.32. The van der Waals surface area contributed by atoms with E-state index in [1.54, 1.807) is 12.1 Å². The molecule has 21 heavy (non-hydrogen) atoms. The van der Waals surface area contributed by atoms with Gasteiger partial charge < -0.3 is 0 Å². The third-order valence-electron chi connectivity index (χ3n) is 2.99. The first-order valence-electron chi connectivity index (χ1n) is 5.84.